The Morgan fingerprint density at radius 3 is 3.00 bits per heavy atom. The van der Waals surface area contributed by atoms with Crippen LogP contribution in [0.4, 0.5) is 0 Å². The van der Waals surface area contributed by atoms with E-state index in [0.29, 0.717) is 6.04 Å². The van der Waals surface area contributed by atoms with Crippen molar-refractivity contribution in [3.8, 4) is 11.3 Å². The van der Waals surface area contributed by atoms with Crippen LogP contribution >= 0.6 is 15.9 Å². The number of halogens is 1. The Labute approximate surface area is 127 Å². The van der Waals surface area contributed by atoms with Gasteiger partial charge in [0.25, 0.3) is 0 Å². The highest BCUT2D eigenvalue weighted by molar-refractivity contribution is 9.10. The lowest BCUT2D eigenvalue weighted by molar-refractivity contribution is 0.610. The fourth-order valence-electron chi connectivity index (χ4n) is 3.37. The molecule has 1 atom stereocenters. The molecule has 1 saturated heterocycles. The molecule has 3 nitrogen and oxygen atoms in total. The average molecular weight is 332 g/mol. The van der Waals surface area contributed by atoms with Gasteiger partial charge in [0, 0.05) is 15.7 Å². The fourth-order valence-corrected chi connectivity index (χ4v) is 3.78. The second kappa shape index (κ2) is 5.01. The number of hydrogen-bond acceptors (Lipinski definition) is 2. The number of nitrogens with zero attached hydrogens (tertiary/aromatic N) is 1. The highest BCUT2D eigenvalue weighted by Gasteiger charge is 2.24. The molecule has 1 aliphatic heterocycles. The van der Waals surface area contributed by atoms with E-state index in [2.05, 4.69) is 44.4 Å². The van der Waals surface area contributed by atoms with Crippen molar-refractivity contribution in [3.63, 3.8) is 0 Å². The number of hydrogen-bond donors (Lipinski definition) is 2. The fraction of sp³-hybridized carbons (Fsp3) is 0.438. The van der Waals surface area contributed by atoms with Crippen molar-refractivity contribution in [1.29, 1.82) is 0 Å². The largest absolute Gasteiger partial charge is 0.344 e. The number of H-pyrrole nitrogens is 1. The van der Waals surface area contributed by atoms with Crippen molar-refractivity contribution in [2.75, 3.05) is 6.54 Å². The molecule has 1 aliphatic carbocycles. The van der Waals surface area contributed by atoms with Crippen LogP contribution in [0.3, 0.4) is 0 Å². The van der Waals surface area contributed by atoms with Crippen LogP contribution in [-0.2, 0) is 12.8 Å². The molecule has 1 aromatic heterocycles. The zero-order valence-corrected chi connectivity index (χ0v) is 13.0. The van der Waals surface area contributed by atoms with Crippen LogP contribution in [-0.4, -0.2) is 16.5 Å². The summed E-state index contributed by atoms with van der Waals surface area (Å²) in [6.07, 6.45) is 5.87. The van der Waals surface area contributed by atoms with Gasteiger partial charge in [-0.2, -0.15) is 0 Å². The van der Waals surface area contributed by atoms with Crippen LogP contribution < -0.4 is 5.32 Å². The van der Waals surface area contributed by atoms with Gasteiger partial charge in [-0.05, 0) is 56.3 Å². The quantitative estimate of drug-likeness (QED) is 0.835. The molecule has 0 bridgehead atoms. The number of aryl methyl sites for hydroxylation is 2. The molecule has 0 amide bonds. The first kappa shape index (κ1) is 12.6. The first-order valence-corrected chi connectivity index (χ1v) is 8.21. The maximum absolute atomic E-state index is 4.93. The molecule has 0 radical (unpaired) electrons. The van der Waals surface area contributed by atoms with E-state index in [0.717, 1.165) is 29.7 Å². The van der Waals surface area contributed by atoms with E-state index in [4.69, 9.17) is 4.98 Å². The number of aromatic amines is 1. The summed E-state index contributed by atoms with van der Waals surface area (Å²) in [7, 11) is 0. The third-order valence-corrected chi connectivity index (χ3v) is 4.88. The van der Waals surface area contributed by atoms with Crippen molar-refractivity contribution < 1.29 is 0 Å². The van der Waals surface area contributed by atoms with E-state index < -0.39 is 0 Å². The maximum Gasteiger partial charge on any atom is 0.124 e. The molecule has 2 heterocycles. The van der Waals surface area contributed by atoms with Crippen LogP contribution in [0, 0.1) is 0 Å². The molecule has 4 heteroatoms. The highest BCUT2D eigenvalue weighted by Crippen LogP contribution is 2.34. The van der Waals surface area contributed by atoms with Crippen molar-refractivity contribution in [3.05, 3.63) is 39.8 Å². The third kappa shape index (κ3) is 2.11. The van der Waals surface area contributed by atoms with Crippen LogP contribution in [0.1, 0.15) is 42.4 Å². The summed E-state index contributed by atoms with van der Waals surface area (Å²) in [4.78, 5) is 8.52. The molecule has 0 spiro atoms. The van der Waals surface area contributed by atoms with Gasteiger partial charge in [0.1, 0.15) is 5.82 Å². The Hall–Kier alpha value is -1.13. The zero-order valence-electron chi connectivity index (χ0n) is 11.4. The van der Waals surface area contributed by atoms with Crippen LogP contribution in [0.25, 0.3) is 11.3 Å². The number of aromatic nitrogens is 2. The van der Waals surface area contributed by atoms with E-state index in [1.165, 1.54) is 41.8 Å². The van der Waals surface area contributed by atoms with Gasteiger partial charge in [-0.3, -0.25) is 0 Å². The summed E-state index contributed by atoms with van der Waals surface area (Å²) in [5.41, 5.74) is 5.21. The third-order valence-electron chi connectivity index (χ3n) is 4.38. The molecule has 4 rings (SSSR count). The highest BCUT2D eigenvalue weighted by atomic mass is 79.9. The topological polar surface area (TPSA) is 40.7 Å². The Morgan fingerprint density at radius 2 is 2.15 bits per heavy atom. The van der Waals surface area contributed by atoms with E-state index in [9.17, 15) is 0 Å². The van der Waals surface area contributed by atoms with E-state index in [1.807, 2.05) is 0 Å². The van der Waals surface area contributed by atoms with Gasteiger partial charge < -0.3 is 10.3 Å². The Morgan fingerprint density at radius 1 is 1.20 bits per heavy atom. The molecule has 2 aliphatic rings. The minimum absolute atomic E-state index is 0.417. The molecule has 1 aromatic carbocycles. The Bertz CT molecular complexity index is 641. The second-order valence-electron chi connectivity index (χ2n) is 5.75. The summed E-state index contributed by atoms with van der Waals surface area (Å²) >= 11 is 3.58. The summed E-state index contributed by atoms with van der Waals surface area (Å²) < 4.78 is 1.16. The molecule has 20 heavy (non-hydrogen) atoms. The number of rotatable bonds is 1. The van der Waals surface area contributed by atoms with E-state index >= 15 is 0 Å². The lowest BCUT2D eigenvalue weighted by atomic mass is 10.0. The minimum atomic E-state index is 0.417. The van der Waals surface area contributed by atoms with Crippen molar-refractivity contribution >= 4 is 15.9 Å². The van der Waals surface area contributed by atoms with Gasteiger partial charge in [0.15, 0.2) is 0 Å². The molecule has 0 unspecified atom stereocenters. The number of benzene rings is 1. The lowest BCUT2D eigenvalue weighted by Crippen LogP contribution is -2.14. The summed E-state index contributed by atoms with van der Waals surface area (Å²) in [5, 5.41) is 3.53. The van der Waals surface area contributed by atoms with Gasteiger partial charge in [0.2, 0.25) is 0 Å². The molecular weight excluding hydrogens is 314 g/mol. The summed E-state index contributed by atoms with van der Waals surface area (Å²) in [5.74, 6) is 1.13. The molecule has 2 aromatic rings. The van der Waals surface area contributed by atoms with Crippen molar-refractivity contribution in [2.24, 2.45) is 0 Å². The van der Waals surface area contributed by atoms with Gasteiger partial charge in [-0.25, -0.2) is 4.98 Å². The smallest absolute Gasteiger partial charge is 0.124 e. The predicted molar refractivity (Wildman–Crippen MR) is 83.7 cm³/mol. The first-order valence-electron chi connectivity index (χ1n) is 7.42. The van der Waals surface area contributed by atoms with Gasteiger partial charge in [0.05, 0.1) is 11.7 Å². The van der Waals surface area contributed by atoms with Crippen LogP contribution in [0.2, 0.25) is 0 Å². The lowest BCUT2D eigenvalue weighted by Gasteiger charge is -2.07. The average Bonchev–Trinajstić information content (AvgIpc) is 3.06. The minimum Gasteiger partial charge on any atom is -0.344 e. The maximum atomic E-state index is 4.93. The zero-order chi connectivity index (χ0) is 13.5. The summed E-state index contributed by atoms with van der Waals surface area (Å²) in [6, 6.07) is 6.99. The number of nitrogens with one attached hydrogen (secondary N) is 2. The van der Waals surface area contributed by atoms with Gasteiger partial charge >= 0.3 is 0 Å². The molecule has 0 saturated carbocycles. The molecule has 2 N–H and O–H groups in total. The van der Waals surface area contributed by atoms with Gasteiger partial charge in [-0.15, -0.1) is 0 Å². The SMILES string of the molecule is Brc1ccc2c(c1)CCCc1[nH]c([C@@H]3CCCN3)nc1-2. The van der Waals surface area contributed by atoms with Crippen molar-refractivity contribution in [1.82, 2.24) is 15.3 Å². The molecular formula is C16H18BrN3. The first-order chi connectivity index (χ1) is 9.81. The number of fused-ring (bicyclic) bond motifs is 3. The molecule has 104 valence electrons. The monoisotopic (exact) mass is 331 g/mol. The predicted octanol–water partition coefficient (Wildman–Crippen LogP) is 3.75. The van der Waals surface area contributed by atoms with Crippen LogP contribution in [0.15, 0.2) is 22.7 Å². The second-order valence-corrected chi connectivity index (χ2v) is 6.67. The van der Waals surface area contributed by atoms with Gasteiger partial charge in [-0.1, -0.05) is 22.0 Å². The summed E-state index contributed by atoms with van der Waals surface area (Å²) in [6.45, 7) is 1.11. The number of imidazole rings is 1. The normalized spacial score (nSPS) is 21.4. The van der Waals surface area contributed by atoms with E-state index in [1.54, 1.807) is 0 Å². The van der Waals surface area contributed by atoms with Crippen molar-refractivity contribution in [2.45, 2.75) is 38.1 Å². The standard InChI is InChI=1S/C16H18BrN3/c17-11-6-7-12-10(9-11)3-1-4-13-15(12)20-16(19-13)14-5-2-8-18-14/h6-7,9,14,18H,1-5,8H2,(H,19,20)/t14-/m0/s1. The Balaban J connectivity index is 1.80. The van der Waals surface area contributed by atoms with E-state index in [-0.39, 0.29) is 0 Å². The Kier molecular flexibility index (Phi) is 3.15. The molecule has 1 fully saturated rings. The van der Waals surface area contributed by atoms with Crippen LogP contribution in [0.5, 0.6) is 0 Å².